The minimum Gasteiger partial charge on any atom is -0.325 e. The number of halogens is 1. The number of aromatic nitrogens is 1. The lowest BCUT2D eigenvalue weighted by atomic mass is 10.1. The molecule has 1 aliphatic rings. The lowest BCUT2D eigenvalue weighted by molar-refractivity contribution is 0.670. The minimum absolute atomic E-state index is 0.0145. The van der Waals surface area contributed by atoms with Crippen LogP contribution < -0.4 is 5.73 Å². The summed E-state index contributed by atoms with van der Waals surface area (Å²) in [6.07, 6.45) is 3.08. The molecule has 0 amide bonds. The lowest BCUT2D eigenvalue weighted by Crippen LogP contribution is -2.24. The van der Waals surface area contributed by atoms with Gasteiger partial charge in [-0.15, -0.1) is 0 Å². The van der Waals surface area contributed by atoms with Gasteiger partial charge in [0.25, 0.3) is 0 Å². The first-order valence-corrected chi connectivity index (χ1v) is 4.88. The highest BCUT2D eigenvalue weighted by Gasteiger charge is 2.38. The molecule has 0 aromatic carbocycles. The maximum Gasteiger partial charge on any atom is 0.132 e. The predicted octanol–water partition coefficient (Wildman–Crippen LogP) is 2.08. The van der Waals surface area contributed by atoms with Crippen LogP contribution in [0, 0.1) is 6.92 Å². The Morgan fingerprint density at radius 3 is 2.77 bits per heavy atom. The molecule has 70 valence electrons. The van der Waals surface area contributed by atoms with Crippen LogP contribution in [0.1, 0.15) is 24.1 Å². The van der Waals surface area contributed by atoms with Gasteiger partial charge in [0.2, 0.25) is 0 Å². The van der Waals surface area contributed by atoms with Crippen LogP contribution in [0.15, 0.2) is 12.1 Å². The van der Waals surface area contributed by atoms with E-state index < -0.39 is 0 Å². The molecule has 1 heterocycles. The summed E-state index contributed by atoms with van der Waals surface area (Å²) in [6.45, 7) is 1.94. The van der Waals surface area contributed by atoms with Crippen molar-refractivity contribution in [2.75, 3.05) is 0 Å². The molecule has 0 unspecified atom stereocenters. The van der Waals surface area contributed by atoms with Crippen molar-refractivity contribution in [3.63, 3.8) is 0 Å². The van der Waals surface area contributed by atoms with Crippen molar-refractivity contribution >= 4 is 11.6 Å². The normalized spacial score (nSPS) is 18.7. The molecular formula is C10H13ClN2. The van der Waals surface area contributed by atoms with Crippen LogP contribution in [-0.4, -0.2) is 10.5 Å². The third kappa shape index (κ3) is 2.01. The van der Waals surface area contributed by atoms with Crippen LogP contribution in [0.5, 0.6) is 0 Å². The first-order chi connectivity index (χ1) is 6.09. The fourth-order valence-corrected chi connectivity index (χ4v) is 1.67. The Bertz CT molecular complexity index is 332. The van der Waals surface area contributed by atoms with E-state index in [4.69, 9.17) is 17.3 Å². The molecular weight excluding hydrogens is 184 g/mol. The average Bonchev–Trinajstić information content (AvgIpc) is 2.75. The second kappa shape index (κ2) is 2.96. The van der Waals surface area contributed by atoms with Crippen molar-refractivity contribution in [1.82, 2.24) is 4.98 Å². The van der Waals surface area contributed by atoms with Crippen molar-refractivity contribution in [1.29, 1.82) is 0 Å². The van der Waals surface area contributed by atoms with Gasteiger partial charge in [-0.05, 0) is 37.8 Å². The van der Waals surface area contributed by atoms with Crippen LogP contribution >= 0.6 is 11.6 Å². The average molecular weight is 197 g/mol. The van der Waals surface area contributed by atoms with E-state index in [2.05, 4.69) is 4.98 Å². The number of hydrogen-bond acceptors (Lipinski definition) is 2. The Hall–Kier alpha value is -0.600. The van der Waals surface area contributed by atoms with E-state index in [1.165, 1.54) is 0 Å². The number of hydrogen-bond donors (Lipinski definition) is 1. The van der Waals surface area contributed by atoms with Gasteiger partial charge in [0.1, 0.15) is 5.15 Å². The van der Waals surface area contributed by atoms with Gasteiger partial charge in [0, 0.05) is 11.2 Å². The standard InChI is InChI=1S/C10H13ClN2/c1-7-2-3-8(9(11)13-7)6-10(12)4-5-10/h2-3H,4-6,12H2,1H3. The summed E-state index contributed by atoms with van der Waals surface area (Å²) >= 11 is 6.00. The van der Waals surface area contributed by atoms with E-state index in [1.807, 2.05) is 19.1 Å². The van der Waals surface area contributed by atoms with E-state index >= 15 is 0 Å². The van der Waals surface area contributed by atoms with Crippen molar-refractivity contribution in [2.24, 2.45) is 5.73 Å². The molecule has 2 N–H and O–H groups in total. The summed E-state index contributed by atoms with van der Waals surface area (Å²) in [5.41, 5.74) is 8.04. The molecule has 1 fully saturated rings. The Morgan fingerprint density at radius 1 is 1.54 bits per heavy atom. The highest BCUT2D eigenvalue weighted by Crippen LogP contribution is 2.36. The van der Waals surface area contributed by atoms with Gasteiger partial charge in [-0.2, -0.15) is 0 Å². The number of aryl methyl sites for hydroxylation is 1. The zero-order chi connectivity index (χ0) is 9.47. The molecule has 2 nitrogen and oxygen atoms in total. The van der Waals surface area contributed by atoms with Crippen molar-refractivity contribution in [2.45, 2.75) is 31.7 Å². The number of pyridine rings is 1. The van der Waals surface area contributed by atoms with Crippen LogP contribution in [0.3, 0.4) is 0 Å². The lowest BCUT2D eigenvalue weighted by Gasteiger charge is -2.09. The zero-order valence-electron chi connectivity index (χ0n) is 7.68. The number of rotatable bonds is 2. The van der Waals surface area contributed by atoms with Gasteiger partial charge in [0.15, 0.2) is 0 Å². The third-order valence-electron chi connectivity index (χ3n) is 2.50. The van der Waals surface area contributed by atoms with Crippen molar-refractivity contribution < 1.29 is 0 Å². The molecule has 13 heavy (non-hydrogen) atoms. The van der Waals surface area contributed by atoms with E-state index in [0.29, 0.717) is 5.15 Å². The topological polar surface area (TPSA) is 38.9 Å². The second-order valence-electron chi connectivity index (χ2n) is 3.94. The predicted molar refractivity (Wildman–Crippen MR) is 53.8 cm³/mol. The van der Waals surface area contributed by atoms with Gasteiger partial charge in [-0.1, -0.05) is 17.7 Å². The molecule has 2 rings (SSSR count). The zero-order valence-corrected chi connectivity index (χ0v) is 8.43. The summed E-state index contributed by atoms with van der Waals surface area (Å²) in [5, 5.41) is 0.608. The van der Waals surface area contributed by atoms with E-state index in [0.717, 1.165) is 30.5 Å². The molecule has 0 bridgehead atoms. The third-order valence-corrected chi connectivity index (χ3v) is 2.83. The molecule has 1 saturated carbocycles. The summed E-state index contributed by atoms with van der Waals surface area (Å²) in [6, 6.07) is 4.00. The fourth-order valence-electron chi connectivity index (χ4n) is 1.40. The van der Waals surface area contributed by atoms with Crippen LogP contribution in [0.4, 0.5) is 0 Å². The van der Waals surface area contributed by atoms with Gasteiger partial charge < -0.3 is 5.73 Å². The summed E-state index contributed by atoms with van der Waals surface area (Å²) in [5.74, 6) is 0. The molecule has 0 radical (unpaired) electrons. The number of nitrogens with two attached hydrogens (primary N) is 1. The van der Waals surface area contributed by atoms with Crippen molar-refractivity contribution in [3.05, 3.63) is 28.5 Å². The first kappa shape index (κ1) is 8.97. The molecule has 3 heteroatoms. The first-order valence-electron chi connectivity index (χ1n) is 4.50. The van der Waals surface area contributed by atoms with Crippen LogP contribution in [0.25, 0.3) is 0 Å². The molecule has 1 aliphatic carbocycles. The largest absolute Gasteiger partial charge is 0.325 e. The number of nitrogens with zero attached hydrogens (tertiary/aromatic N) is 1. The maximum atomic E-state index is 6.00. The quantitative estimate of drug-likeness (QED) is 0.736. The minimum atomic E-state index is 0.0145. The van der Waals surface area contributed by atoms with E-state index in [-0.39, 0.29) is 5.54 Å². The molecule has 1 aromatic rings. The molecule has 0 saturated heterocycles. The van der Waals surface area contributed by atoms with E-state index in [1.54, 1.807) is 0 Å². The Kier molecular flexibility index (Phi) is 2.05. The second-order valence-corrected chi connectivity index (χ2v) is 4.30. The molecule has 1 aromatic heterocycles. The van der Waals surface area contributed by atoms with Gasteiger partial charge in [-0.25, -0.2) is 4.98 Å². The summed E-state index contributed by atoms with van der Waals surface area (Å²) < 4.78 is 0. The van der Waals surface area contributed by atoms with Crippen LogP contribution in [-0.2, 0) is 6.42 Å². The fraction of sp³-hybridized carbons (Fsp3) is 0.500. The highest BCUT2D eigenvalue weighted by molar-refractivity contribution is 6.30. The smallest absolute Gasteiger partial charge is 0.132 e. The maximum absolute atomic E-state index is 6.00. The summed E-state index contributed by atoms with van der Waals surface area (Å²) in [7, 11) is 0. The van der Waals surface area contributed by atoms with Gasteiger partial charge in [0.05, 0.1) is 0 Å². The van der Waals surface area contributed by atoms with Gasteiger partial charge >= 0.3 is 0 Å². The molecule has 0 spiro atoms. The SMILES string of the molecule is Cc1ccc(CC2(N)CC2)c(Cl)n1. The van der Waals surface area contributed by atoms with E-state index in [9.17, 15) is 0 Å². The van der Waals surface area contributed by atoms with Crippen molar-refractivity contribution in [3.8, 4) is 0 Å². The molecule has 0 aliphatic heterocycles. The van der Waals surface area contributed by atoms with Gasteiger partial charge in [-0.3, -0.25) is 0 Å². The van der Waals surface area contributed by atoms with Crippen LogP contribution in [0.2, 0.25) is 5.15 Å². The Morgan fingerprint density at radius 2 is 2.23 bits per heavy atom. The Balaban J connectivity index is 2.20. The molecule has 0 atom stereocenters. The Labute approximate surface area is 83.1 Å². The summed E-state index contributed by atoms with van der Waals surface area (Å²) in [4.78, 5) is 4.20. The highest BCUT2D eigenvalue weighted by atomic mass is 35.5. The monoisotopic (exact) mass is 196 g/mol.